The number of alkyl halides is 3. The van der Waals surface area contributed by atoms with E-state index in [-0.39, 0.29) is 23.3 Å². The Balaban J connectivity index is 1.77. The maximum Gasteiger partial charge on any atom is 0.471 e. The van der Waals surface area contributed by atoms with E-state index in [4.69, 9.17) is 29.4 Å². The van der Waals surface area contributed by atoms with Crippen LogP contribution in [0.15, 0.2) is 0 Å². The molecule has 16 heteroatoms. The van der Waals surface area contributed by atoms with Gasteiger partial charge < -0.3 is 55.0 Å². The normalized spacial score (nSPS) is 40.3. The van der Waals surface area contributed by atoms with Crippen LogP contribution in [0.1, 0.15) is 67.2 Å². The van der Waals surface area contributed by atoms with Gasteiger partial charge in [-0.3, -0.25) is 4.79 Å². The van der Waals surface area contributed by atoms with Gasteiger partial charge in [0, 0.05) is 13.1 Å². The summed E-state index contributed by atoms with van der Waals surface area (Å²) in [7, 11) is 0.808. The van der Waals surface area contributed by atoms with Gasteiger partial charge in [-0.2, -0.15) is 13.2 Å². The summed E-state index contributed by atoms with van der Waals surface area (Å²) in [6, 6.07) is -3.17. The highest BCUT2D eigenvalue weighted by molar-refractivity contribution is 5.82. The van der Waals surface area contributed by atoms with Crippen molar-refractivity contribution < 1.29 is 61.8 Å². The van der Waals surface area contributed by atoms with Gasteiger partial charge in [0.1, 0.15) is 29.5 Å². The summed E-state index contributed by atoms with van der Waals surface area (Å²) in [6.45, 7) is 9.49. The number of carbonyl (C=O) groups excluding carboxylic acids is 2. The van der Waals surface area contributed by atoms with E-state index in [1.807, 2.05) is 6.92 Å². The Kier molecular flexibility index (Phi) is 11.6. The molecule has 13 nitrogen and oxygen atoms in total. The van der Waals surface area contributed by atoms with E-state index < -0.39 is 91.1 Å². The lowest BCUT2D eigenvalue weighted by atomic mass is 9.80. The maximum atomic E-state index is 13.2. The number of aliphatic hydroxyl groups excluding tert-OH is 2. The number of nitrogens with two attached hydrogens (primary N) is 1. The zero-order valence-electron chi connectivity index (χ0n) is 26.2. The third-order valence-corrected chi connectivity index (χ3v) is 8.25. The Morgan fingerprint density at radius 1 is 1.09 bits per heavy atom. The van der Waals surface area contributed by atoms with E-state index in [0.717, 1.165) is 14.0 Å². The molecular formula is C28H48F3N3O10. The van der Waals surface area contributed by atoms with Crippen molar-refractivity contribution in [1.82, 2.24) is 10.2 Å². The smallest absolute Gasteiger partial charge is 0.444 e. The topological polar surface area (TPSA) is 182 Å². The number of rotatable bonds is 7. The van der Waals surface area contributed by atoms with Gasteiger partial charge in [-0.15, -0.1) is 0 Å². The second kappa shape index (κ2) is 13.9. The Morgan fingerprint density at radius 2 is 1.70 bits per heavy atom. The molecule has 256 valence electrons. The molecule has 2 amide bonds. The Bertz CT molecular complexity index is 997. The third kappa shape index (κ3) is 8.72. The minimum absolute atomic E-state index is 0.158. The van der Waals surface area contributed by atoms with Crippen molar-refractivity contribution in [2.45, 2.75) is 146 Å². The molecule has 0 aromatic carbocycles. The van der Waals surface area contributed by atoms with Gasteiger partial charge in [-0.1, -0.05) is 13.8 Å². The molecule has 0 aromatic heterocycles. The molecule has 0 bridgehead atoms. The number of halogens is 3. The highest BCUT2D eigenvalue weighted by Gasteiger charge is 2.55. The molecule has 2 aliphatic heterocycles. The molecule has 6 unspecified atom stereocenters. The Hall–Kier alpha value is -1.79. The van der Waals surface area contributed by atoms with Crippen LogP contribution in [0.3, 0.4) is 0 Å². The molecule has 12 atom stereocenters. The molecule has 6 N–H and O–H groups in total. The lowest BCUT2D eigenvalue weighted by Crippen LogP contribution is -2.69. The molecule has 1 saturated carbocycles. The van der Waals surface area contributed by atoms with Gasteiger partial charge in [0.25, 0.3) is 0 Å². The molecule has 2 saturated heterocycles. The Morgan fingerprint density at radius 3 is 2.27 bits per heavy atom. The molecule has 0 aromatic rings. The van der Waals surface area contributed by atoms with Gasteiger partial charge in [-0.05, 0) is 59.3 Å². The number of likely N-dealkylation sites (N-methyl/N-ethyl adjacent to an activating group) is 1. The fourth-order valence-corrected chi connectivity index (χ4v) is 6.10. The highest BCUT2D eigenvalue weighted by atomic mass is 19.4. The monoisotopic (exact) mass is 643 g/mol. The van der Waals surface area contributed by atoms with Crippen LogP contribution in [-0.2, 0) is 28.5 Å². The number of hydrogen-bond donors (Lipinski definition) is 5. The maximum absolute atomic E-state index is 13.2. The van der Waals surface area contributed by atoms with Gasteiger partial charge in [0.05, 0.1) is 30.9 Å². The Labute approximate surface area is 255 Å². The minimum Gasteiger partial charge on any atom is -0.444 e. The summed E-state index contributed by atoms with van der Waals surface area (Å²) < 4.78 is 68.7. The second-order valence-electron chi connectivity index (χ2n) is 13.3. The van der Waals surface area contributed by atoms with Crippen LogP contribution in [0.25, 0.3) is 0 Å². The summed E-state index contributed by atoms with van der Waals surface area (Å²) in [5.41, 5.74) is 3.53. The molecule has 0 spiro atoms. The van der Waals surface area contributed by atoms with Crippen molar-refractivity contribution >= 4 is 12.0 Å². The summed E-state index contributed by atoms with van der Waals surface area (Å²) in [4.78, 5) is 24.7. The van der Waals surface area contributed by atoms with Crippen LogP contribution in [0.4, 0.5) is 18.0 Å². The van der Waals surface area contributed by atoms with E-state index in [0.29, 0.717) is 19.3 Å². The zero-order valence-corrected chi connectivity index (χ0v) is 26.2. The predicted octanol–water partition coefficient (Wildman–Crippen LogP) is 1.15. The number of hydrogen-bond acceptors (Lipinski definition) is 11. The van der Waals surface area contributed by atoms with Gasteiger partial charge in [0.15, 0.2) is 12.6 Å². The van der Waals surface area contributed by atoms with E-state index in [1.165, 1.54) is 0 Å². The fraction of sp³-hybridized carbons (Fsp3) is 0.929. The first-order chi connectivity index (χ1) is 20.2. The third-order valence-electron chi connectivity index (χ3n) is 8.25. The standard InChI is InChI=1S/C28H48F3N3O10/c1-8-14-9-10-16(33-25(38)44-26(3,4)5)22(41-14)42-19-13(2)11-15(32)20(17(19)35)43-23-18(36)21(27(6,39)12-40-23)34(7)24(37)28(29,30)31/h13-23,35-36,39H,8-12,32H2,1-7H3,(H,33,38)/t13-,14+,15+,16?,17?,18?,19?,20?,21+,22+,23+,27?/m0/s1. The summed E-state index contributed by atoms with van der Waals surface area (Å²) in [5.74, 6) is -2.60. The minimum atomic E-state index is -5.25. The van der Waals surface area contributed by atoms with Gasteiger partial charge >= 0.3 is 18.2 Å². The van der Waals surface area contributed by atoms with E-state index in [9.17, 15) is 38.1 Å². The van der Waals surface area contributed by atoms with Crippen molar-refractivity contribution in [2.24, 2.45) is 11.7 Å². The average molecular weight is 644 g/mol. The molecule has 3 aliphatic rings. The number of amides is 2. The van der Waals surface area contributed by atoms with Crippen molar-refractivity contribution in [1.29, 1.82) is 0 Å². The van der Waals surface area contributed by atoms with Crippen LogP contribution < -0.4 is 11.1 Å². The first-order valence-corrected chi connectivity index (χ1v) is 14.9. The van der Waals surface area contributed by atoms with Crippen LogP contribution in [0, 0.1) is 5.92 Å². The molecule has 44 heavy (non-hydrogen) atoms. The molecular weight excluding hydrogens is 595 g/mol. The molecule has 3 fully saturated rings. The number of nitrogens with zero attached hydrogens (tertiary/aromatic N) is 1. The largest absolute Gasteiger partial charge is 0.471 e. The average Bonchev–Trinajstić information content (AvgIpc) is 2.88. The van der Waals surface area contributed by atoms with E-state index in [2.05, 4.69) is 5.32 Å². The van der Waals surface area contributed by atoms with Crippen LogP contribution in [-0.4, -0.2) is 124 Å². The molecule has 3 rings (SSSR count). The van der Waals surface area contributed by atoms with Crippen LogP contribution >= 0.6 is 0 Å². The zero-order chi connectivity index (χ0) is 33.4. The second-order valence-corrected chi connectivity index (χ2v) is 13.3. The summed E-state index contributed by atoms with van der Waals surface area (Å²) in [5, 5.41) is 35.9. The van der Waals surface area contributed by atoms with Gasteiger partial charge in [-0.25, -0.2) is 4.79 Å². The first kappa shape index (κ1) is 36.7. The molecule has 2 heterocycles. The lowest BCUT2D eigenvalue weighted by Gasteiger charge is -2.50. The van der Waals surface area contributed by atoms with Gasteiger partial charge in [0.2, 0.25) is 0 Å². The fourth-order valence-electron chi connectivity index (χ4n) is 6.10. The van der Waals surface area contributed by atoms with E-state index >= 15 is 0 Å². The SMILES string of the molecule is CC[C@@H]1CCC(NC(=O)OC(C)(C)C)[C@@H](OC2C(O)C(O[C@H]3OCC(C)(O)[C@H](N(C)C(=O)C(F)(F)F)C3O)[C@H](N)C[C@@H]2C)O1. The highest BCUT2D eigenvalue weighted by Crippen LogP contribution is 2.36. The number of alkyl carbamates (subject to hydrolysis) is 1. The van der Waals surface area contributed by atoms with Crippen LogP contribution in [0.5, 0.6) is 0 Å². The number of nitrogens with one attached hydrogen (secondary N) is 1. The van der Waals surface area contributed by atoms with Crippen molar-refractivity contribution in [2.75, 3.05) is 13.7 Å². The summed E-state index contributed by atoms with van der Waals surface area (Å²) >= 11 is 0. The lowest BCUT2D eigenvalue weighted by molar-refractivity contribution is -0.317. The van der Waals surface area contributed by atoms with Crippen molar-refractivity contribution in [3.05, 3.63) is 0 Å². The van der Waals surface area contributed by atoms with Crippen LogP contribution in [0.2, 0.25) is 0 Å². The van der Waals surface area contributed by atoms with Crippen molar-refractivity contribution in [3.8, 4) is 0 Å². The molecule has 1 aliphatic carbocycles. The van der Waals surface area contributed by atoms with Crippen molar-refractivity contribution in [3.63, 3.8) is 0 Å². The predicted molar refractivity (Wildman–Crippen MR) is 148 cm³/mol. The number of carbonyl (C=O) groups is 2. The molecule has 0 radical (unpaired) electrons. The number of aliphatic hydroxyl groups is 3. The first-order valence-electron chi connectivity index (χ1n) is 14.9. The number of ether oxygens (including phenoxy) is 5. The summed E-state index contributed by atoms with van der Waals surface area (Å²) in [6.07, 6.45) is -12.1. The quantitative estimate of drug-likeness (QED) is 0.268. The van der Waals surface area contributed by atoms with E-state index in [1.54, 1.807) is 27.7 Å².